The SMILES string of the molecule is C=CC[C@@H](C(=O)C(C)(C)[C@H](CC(=O)O)O[SiH2]C(C)(C)C(C)C)[C@@H](O[SiH2]C(C)(C)C(C)C)[C@@H](C)CCC/C(C)=C/C[C@H](O[SiH2]C(C)(C)C(C)C)/C(C)=C/c1csc(C)n1. The lowest BCUT2D eigenvalue weighted by Crippen LogP contribution is -2.49. The molecule has 7 nitrogen and oxygen atoms in total. The van der Waals surface area contributed by atoms with Gasteiger partial charge in [0.25, 0.3) is 0 Å². The second-order valence-corrected chi connectivity index (χ2v) is 29.4. The van der Waals surface area contributed by atoms with Gasteiger partial charge in [-0.3, -0.25) is 9.59 Å². The number of nitrogens with zero attached hydrogens (tertiary/aromatic N) is 1. The molecular formula is C47H87NO6SSi3. The molecule has 334 valence electrons. The van der Waals surface area contributed by atoms with Gasteiger partial charge in [-0.25, -0.2) is 4.98 Å². The molecule has 0 fully saturated rings. The number of carbonyl (C=O) groups excluding carboxylic acids is 1. The maximum absolute atomic E-state index is 14.9. The van der Waals surface area contributed by atoms with Gasteiger partial charge in [0, 0.05) is 16.7 Å². The second kappa shape index (κ2) is 24.2. The summed E-state index contributed by atoms with van der Waals surface area (Å²) in [4.78, 5) is 31.8. The molecule has 0 aromatic carbocycles. The average molecular weight is 879 g/mol. The highest BCUT2D eigenvalue weighted by atomic mass is 32.1. The number of thiazole rings is 1. The molecular weight excluding hydrogens is 791 g/mol. The summed E-state index contributed by atoms with van der Waals surface area (Å²) in [5.74, 6) is 0.153. The van der Waals surface area contributed by atoms with E-state index in [1.165, 1.54) is 11.1 Å². The van der Waals surface area contributed by atoms with Crippen LogP contribution in [0, 0.1) is 41.9 Å². The van der Waals surface area contributed by atoms with Gasteiger partial charge in [-0.05, 0) is 103 Å². The molecule has 1 rings (SSSR count). The highest BCUT2D eigenvalue weighted by Gasteiger charge is 2.46. The Morgan fingerprint density at radius 2 is 1.36 bits per heavy atom. The molecule has 0 saturated heterocycles. The van der Waals surface area contributed by atoms with Crippen molar-refractivity contribution >= 4 is 58.5 Å². The molecule has 0 unspecified atom stereocenters. The van der Waals surface area contributed by atoms with E-state index >= 15 is 0 Å². The minimum absolute atomic E-state index is 0.0192. The third-order valence-electron chi connectivity index (χ3n) is 13.6. The Labute approximate surface area is 367 Å². The van der Waals surface area contributed by atoms with Gasteiger partial charge in [-0.15, -0.1) is 17.9 Å². The Bertz CT molecular complexity index is 1490. The largest absolute Gasteiger partial charge is 0.481 e. The summed E-state index contributed by atoms with van der Waals surface area (Å²) in [6.07, 6.45) is 9.36. The van der Waals surface area contributed by atoms with E-state index < -0.39 is 52.7 Å². The number of hydrogen-bond acceptors (Lipinski definition) is 7. The first-order chi connectivity index (χ1) is 26.6. The highest BCUT2D eigenvalue weighted by Crippen LogP contribution is 2.41. The van der Waals surface area contributed by atoms with E-state index in [0.717, 1.165) is 36.4 Å². The summed E-state index contributed by atoms with van der Waals surface area (Å²) in [5, 5.41) is 13.4. The van der Waals surface area contributed by atoms with Crippen molar-refractivity contribution in [1.82, 2.24) is 4.98 Å². The summed E-state index contributed by atoms with van der Waals surface area (Å²) in [6.45, 7) is 43.6. The fourth-order valence-electron chi connectivity index (χ4n) is 6.44. The zero-order chi connectivity index (χ0) is 44.8. The van der Waals surface area contributed by atoms with Crippen molar-refractivity contribution in [2.45, 2.75) is 197 Å². The monoisotopic (exact) mass is 878 g/mol. The number of aryl methyl sites for hydroxylation is 1. The topological polar surface area (TPSA) is 95.0 Å². The molecule has 0 spiro atoms. The van der Waals surface area contributed by atoms with Crippen LogP contribution >= 0.6 is 11.3 Å². The first-order valence-electron chi connectivity index (χ1n) is 22.1. The van der Waals surface area contributed by atoms with E-state index in [1.807, 2.05) is 26.8 Å². The third-order valence-corrected chi connectivity index (χ3v) is 20.8. The average Bonchev–Trinajstić information content (AvgIpc) is 3.52. The van der Waals surface area contributed by atoms with Crippen molar-refractivity contribution in [2.75, 3.05) is 0 Å². The Morgan fingerprint density at radius 3 is 1.83 bits per heavy atom. The Kier molecular flexibility index (Phi) is 22.8. The van der Waals surface area contributed by atoms with Gasteiger partial charge in [0.1, 0.15) is 5.78 Å². The molecule has 58 heavy (non-hydrogen) atoms. The number of carbonyl (C=O) groups is 2. The van der Waals surface area contributed by atoms with E-state index in [2.05, 4.69) is 133 Å². The van der Waals surface area contributed by atoms with Gasteiger partial charge in [-0.2, -0.15) is 0 Å². The van der Waals surface area contributed by atoms with E-state index in [1.54, 1.807) is 11.3 Å². The molecule has 1 aromatic heterocycles. The first kappa shape index (κ1) is 54.5. The van der Waals surface area contributed by atoms with Crippen molar-refractivity contribution in [1.29, 1.82) is 0 Å². The molecule has 0 aliphatic carbocycles. The maximum Gasteiger partial charge on any atom is 0.305 e. The Balaban J connectivity index is 3.37. The first-order valence-corrected chi connectivity index (χ1v) is 26.8. The van der Waals surface area contributed by atoms with Crippen LogP contribution in [0.1, 0.15) is 167 Å². The number of ketones is 1. The lowest BCUT2D eigenvalue weighted by atomic mass is 9.71. The zero-order valence-corrected chi connectivity index (χ0v) is 45.4. The summed E-state index contributed by atoms with van der Waals surface area (Å²) < 4.78 is 20.4. The molecule has 0 saturated carbocycles. The van der Waals surface area contributed by atoms with Gasteiger partial charge in [0.05, 0.1) is 35.4 Å². The molecule has 5 atom stereocenters. The minimum atomic E-state index is -1.16. The van der Waals surface area contributed by atoms with Crippen LogP contribution in [0.4, 0.5) is 0 Å². The fraction of sp³-hybridized carbons (Fsp3) is 0.766. The molecule has 1 heterocycles. The van der Waals surface area contributed by atoms with Crippen LogP contribution in [-0.2, 0) is 22.9 Å². The van der Waals surface area contributed by atoms with Crippen LogP contribution in [0.5, 0.6) is 0 Å². The fourth-order valence-corrected chi connectivity index (χ4v) is 11.4. The van der Waals surface area contributed by atoms with Crippen LogP contribution in [0.25, 0.3) is 6.08 Å². The molecule has 11 heteroatoms. The molecule has 1 N–H and O–H groups in total. The van der Waals surface area contributed by atoms with Gasteiger partial charge in [0.15, 0.2) is 29.3 Å². The van der Waals surface area contributed by atoms with E-state index in [9.17, 15) is 14.7 Å². The number of aromatic nitrogens is 1. The van der Waals surface area contributed by atoms with E-state index in [0.29, 0.717) is 24.2 Å². The number of rotatable bonds is 29. The molecule has 0 bridgehead atoms. The number of carboxylic acid groups (broad SMARTS) is 1. The molecule has 1 aromatic rings. The van der Waals surface area contributed by atoms with Crippen LogP contribution in [0.15, 0.2) is 35.3 Å². The summed E-state index contributed by atoms with van der Waals surface area (Å²) >= 11 is 1.67. The van der Waals surface area contributed by atoms with E-state index in [4.69, 9.17) is 13.3 Å². The minimum Gasteiger partial charge on any atom is -0.481 e. The zero-order valence-electron chi connectivity index (χ0n) is 40.3. The van der Waals surface area contributed by atoms with Crippen molar-refractivity contribution in [2.24, 2.45) is 35.0 Å². The van der Waals surface area contributed by atoms with Gasteiger partial charge in [-0.1, -0.05) is 122 Å². The van der Waals surface area contributed by atoms with Crippen LogP contribution in [0.3, 0.4) is 0 Å². The van der Waals surface area contributed by atoms with Crippen molar-refractivity contribution in [3.63, 3.8) is 0 Å². The number of aliphatic carboxylic acids is 1. The van der Waals surface area contributed by atoms with Gasteiger partial charge >= 0.3 is 5.97 Å². The molecule has 0 aliphatic heterocycles. The number of hydrogen-bond donors (Lipinski definition) is 1. The Morgan fingerprint density at radius 1 is 0.845 bits per heavy atom. The van der Waals surface area contributed by atoms with Crippen molar-refractivity contribution in [3.8, 4) is 0 Å². The molecule has 0 radical (unpaired) electrons. The smallest absolute Gasteiger partial charge is 0.305 e. The lowest BCUT2D eigenvalue weighted by Gasteiger charge is -2.41. The lowest BCUT2D eigenvalue weighted by molar-refractivity contribution is -0.146. The molecule has 0 aliphatic rings. The highest BCUT2D eigenvalue weighted by molar-refractivity contribution is 7.09. The summed E-state index contributed by atoms with van der Waals surface area (Å²) in [6, 6.07) is 0. The predicted molar refractivity (Wildman–Crippen MR) is 258 cm³/mol. The van der Waals surface area contributed by atoms with Crippen molar-refractivity contribution in [3.05, 3.63) is 46.0 Å². The van der Waals surface area contributed by atoms with Crippen molar-refractivity contribution < 1.29 is 28.0 Å². The van der Waals surface area contributed by atoms with Crippen LogP contribution < -0.4 is 0 Å². The third kappa shape index (κ3) is 17.9. The summed E-state index contributed by atoms with van der Waals surface area (Å²) in [5.41, 5.74) is 2.55. The van der Waals surface area contributed by atoms with Gasteiger partial charge < -0.3 is 18.4 Å². The number of allylic oxidation sites excluding steroid dienone is 2. The Hall–Kier alpha value is -1.48. The quantitative estimate of drug-likeness (QED) is 0.0633. The van der Waals surface area contributed by atoms with Gasteiger partial charge in [0.2, 0.25) is 0 Å². The van der Waals surface area contributed by atoms with Crippen LogP contribution in [-0.4, -0.2) is 69.4 Å². The van der Waals surface area contributed by atoms with E-state index in [-0.39, 0.29) is 45.4 Å². The summed E-state index contributed by atoms with van der Waals surface area (Å²) in [7, 11) is -3.01. The van der Waals surface area contributed by atoms with Crippen LogP contribution in [0.2, 0.25) is 15.1 Å². The standard InChI is InChI=1S/C47H87NO6SSi3/c1-20-22-38(43(51)44(12,13)40(28-41(49)50)53-57-46(16,17)31(4)5)42(54-58-47(18,19)32(6)7)34(9)24-21-23-33(8)25-26-39(52-56-45(14,15)30(2)3)35(10)27-37-29-55-36(11)48-37/h20,25,27,29-32,34,38-40,42H,1,21-24,26,28,56-58H2,2-19H3,(H,49,50)/b33-25+,35-27+/t34-,38+,39-,40-,42-/m0/s1. The number of Topliss-reactive ketones (excluding diaryl/α,β-unsaturated/α-hetero) is 1. The number of carboxylic acids is 1. The molecule has 0 amide bonds. The predicted octanol–water partition coefficient (Wildman–Crippen LogP) is 11.2. The normalized spacial score (nSPS) is 17.1. The maximum atomic E-state index is 14.9. The second-order valence-electron chi connectivity index (χ2n) is 21.0.